The molecule has 0 fully saturated rings. The number of benzene rings is 2. The second-order valence-electron chi connectivity index (χ2n) is 6.19. The van der Waals surface area contributed by atoms with Crippen molar-refractivity contribution in [3.05, 3.63) is 69.8 Å². The minimum absolute atomic E-state index is 0.231. The molecule has 0 amide bonds. The van der Waals surface area contributed by atoms with Gasteiger partial charge in [-0.15, -0.1) is 0 Å². The second-order valence-corrected chi connectivity index (χ2v) is 6.19. The van der Waals surface area contributed by atoms with Crippen molar-refractivity contribution in [3.63, 3.8) is 0 Å². The van der Waals surface area contributed by atoms with Crippen LogP contribution in [0.2, 0.25) is 0 Å². The van der Waals surface area contributed by atoms with Gasteiger partial charge < -0.3 is 9.72 Å². The molecule has 0 radical (unpaired) electrons. The molecular weight excluding hydrogens is 328 g/mol. The van der Waals surface area contributed by atoms with E-state index in [2.05, 4.69) is 15.1 Å². The predicted molar refractivity (Wildman–Crippen MR) is 103 cm³/mol. The monoisotopic (exact) mass is 346 g/mol. The van der Waals surface area contributed by atoms with Gasteiger partial charge in [0.15, 0.2) is 0 Å². The summed E-state index contributed by atoms with van der Waals surface area (Å²) in [5.74, 6) is 1.25. The van der Waals surface area contributed by atoms with Gasteiger partial charge in [0.1, 0.15) is 22.6 Å². The number of rotatable bonds is 3. The molecule has 6 heteroatoms. The van der Waals surface area contributed by atoms with E-state index in [0.717, 1.165) is 22.2 Å². The highest BCUT2D eigenvalue weighted by Crippen LogP contribution is 2.25. The average molecular weight is 346 g/mol. The van der Waals surface area contributed by atoms with E-state index < -0.39 is 0 Å². The Morgan fingerprint density at radius 2 is 1.92 bits per heavy atom. The third-order valence-electron chi connectivity index (χ3n) is 4.36. The van der Waals surface area contributed by atoms with Crippen LogP contribution in [0.3, 0.4) is 0 Å². The van der Waals surface area contributed by atoms with Crippen LogP contribution in [0.25, 0.3) is 21.9 Å². The SMILES string of the molecule is COc1ccc2c(c1)[nH]c1c(=O)n(N=Cc3ccc(C)cc3)c(C)nc12. The number of H-pyrrole nitrogens is 1. The van der Waals surface area contributed by atoms with Gasteiger partial charge in [0, 0.05) is 11.5 Å². The maximum Gasteiger partial charge on any atom is 0.298 e. The van der Waals surface area contributed by atoms with Gasteiger partial charge in [-0.25, -0.2) is 4.98 Å². The molecule has 130 valence electrons. The summed E-state index contributed by atoms with van der Waals surface area (Å²) in [5.41, 5.74) is 3.75. The fourth-order valence-electron chi connectivity index (χ4n) is 2.93. The number of fused-ring (bicyclic) bond motifs is 3. The van der Waals surface area contributed by atoms with E-state index in [1.54, 1.807) is 20.2 Å². The first kappa shape index (κ1) is 16.1. The van der Waals surface area contributed by atoms with Crippen molar-refractivity contribution in [2.75, 3.05) is 7.11 Å². The third-order valence-corrected chi connectivity index (χ3v) is 4.36. The number of aromatic nitrogens is 3. The minimum Gasteiger partial charge on any atom is -0.497 e. The summed E-state index contributed by atoms with van der Waals surface area (Å²) >= 11 is 0. The number of hydrogen-bond acceptors (Lipinski definition) is 4. The van der Waals surface area contributed by atoms with Crippen LogP contribution in [0.5, 0.6) is 5.75 Å². The van der Waals surface area contributed by atoms with Gasteiger partial charge >= 0.3 is 0 Å². The molecule has 0 bridgehead atoms. The van der Waals surface area contributed by atoms with Crippen LogP contribution < -0.4 is 10.3 Å². The van der Waals surface area contributed by atoms with E-state index in [1.807, 2.05) is 49.4 Å². The van der Waals surface area contributed by atoms with Crippen molar-refractivity contribution < 1.29 is 4.74 Å². The Labute approximate surface area is 149 Å². The van der Waals surface area contributed by atoms with E-state index in [4.69, 9.17) is 4.74 Å². The van der Waals surface area contributed by atoms with Crippen LogP contribution in [-0.4, -0.2) is 28.0 Å². The van der Waals surface area contributed by atoms with Gasteiger partial charge in [0.05, 0.1) is 18.8 Å². The molecule has 0 unspecified atom stereocenters. The molecule has 4 aromatic rings. The molecule has 1 N–H and O–H groups in total. The van der Waals surface area contributed by atoms with E-state index in [9.17, 15) is 4.79 Å². The molecule has 0 aliphatic rings. The number of nitrogens with one attached hydrogen (secondary N) is 1. The Kier molecular flexibility index (Phi) is 3.80. The number of aryl methyl sites for hydroxylation is 2. The van der Waals surface area contributed by atoms with Crippen LogP contribution in [0, 0.1) is 13.8 Å². The first-order valence-corrected chi connectivity index (χ1v) is 8.27. The van der Waals surface area contributed by atoms with Crippen LogP contribution in [0.15, 0.2) is 52.4 Å². The maximum absolute atomic E-state index is 12.9. The number of methoxy groups -OCH3 is 1. The van der Waals surface area contributed by atoms with E-state index in [0.29, 0.717) is 16.9 Å². The fraction of sp³-hybridized carbons (Fsp3) is 0.150. The van der Waals surface area contributed by atoms with Gasteiger partial charge in [-0.3, -0.25) is 4.79 Å². The van der Waals surface area contributed by atoms with Gasteiger partial charge in [-0.2, -0.15) is 9.78 Å². The Morgan fingerprint density at radius 3 is 2.65 bits per heavy atom. The smallest absolute Gasteiger partial charge is 0.298 e. The normalized spacial score (nSPS) is 11.7. The summed E-state index contributed by atoms with van der Waals surface area (Å²) in [5, 5.41) is 5.22. The molecular formula is C20H18N4O2. The topological polar surface area (TPSA) is 72.3 Å². The third kappa shape index (κ3) is 2.65. The number of nitrogens with zero attached hydrogens (tertiary/aromatic N) is 3. The van der Waals surface area contributed by atoms with Crippen LogP contribution >= 0.6 is 0 Å². The molecule has 2 aromatic carbocycles. The van der Waals surface area contributed by atoms with Gasteiger partial charge in [-0.1, -0.05) is 29.8 Å². The van der Waals surface area contributed by atoms with Crippen LogP contribution in [-0.2, 0) is 0 Å². The molecule has 26 heavy (non-hydrogen) atoms. The van der Waals surface area contributed by atoms with E-state index >= 15 is 0 Å². The summed E-state index contributed by atoms with van der Waals surface area (Å²) in [6.07, 6.45) is 1.66. The largest absolute Gasteiger partial charge is 0.497 e. The first-order valence-electron chi connectivity index (χ1n) is 8.27. The lowest BCUT2D eigenvalue weighted by Crippen LogP contribution is -2.20. The second kappa shape index (κ2) is 6.15. The number of aromatic amines is 1. The number of hydrogen-bond donors (Lipinski definition) is 1. The zero-order chi connectivity index (χ0) is 18.3. The van der Waals surface area contributed by atoms with Gasteiger partial charge in [0.2, 0.25) is 0 Å². The Morgan fingerprint density at radius 1 is 1.15 bits per heavy atom. The average Bonchev–Trinajstić information content (AvgIpc) is 3.01. The molecule has 0 aliphatic heterocycles. The highest BCUT2D eigenvalue weighted by Gasteiger charge is 2.13. The lowest BCUT2D eigenvalue weighted by molar-refractivity contribution is 0.415. The van der Waals surface area contributed by atoms with Crippen LogP contribution in [0.4, 0.5) is 0 Å². The van der Waals surface area contributed by atoms with Gasteiger partial charge in [0.25, 0.3) is 5.56 Å². The molecule has 0 atom stereocenters. The molecule has 0 saturated heterocycles. The molecule has 6 nitrogen and oxygen atoms in total. The van der Waals surface area contributed by atoms with Crippen molar-refractivity contribution in [2.24, 2.45) is 5.10 Å². The summed E-state index contributed by atoms with van der Waals surface area (Å²) in [7, 11) is 1.61. The summed E-state index contributed by atoms with van der Waals surface area (Å²) < 4.78 is 6.56. The zero-order valence-electron chi connectivity index (χ0n) is 14.8. The molecule has 0 spiro atoms. The van der Waals surface area contributed by atoms with Crippen molar-refractivity contribution >= 4 is 28.2 Å². The molecule has 0 aliphatic carbocycles. The lowest BCUT2D eigenvalue weighted by atomic mass is 10.2. The molecule has 2 aromatic heterocycles. The standard InChI is InChI=1S/C20H18N4O2/c1-12-4-6-14(7-5-12)11-21-24-13(2)22-18-16-9-8-15(26-3)10-17(16)23-19(18)20(24)25/h4-11,23H,1-3H3. The van der Waals surface area contributed by atoms with E-state index in [-0.39, 0.29) is 5.56 Å². The van der Waals surface area contributed by atoms with Crippen molar-refractivity contribution in [2.45, 2.75) is 13.8 Å². The zero-order valence-corrected chi connectivity index (χ0v) is 14.8. The summed E-state index contributed by atoms with van der Waals surface area (Å²) in [6, 6.07) is 13.5. The van der Waals surface area contributed by atoms with Crippen LogP contribution in [0.1, 0.15) is 17.0 Å². The molecule has 0 saturated carbocycles. The lowest BCUT2D eigenvalue weighted by Gasteiger charge is -2.03. The molecule has 4 rings (SSSR count). The Bertz CT molecular complexity index is 1200. The van der Waals surface area contributed by atoms with Crippen molar-refractivity contribution in [3.8, 4) is 5.75 Å². The van der Waals surface area contributed by atoms with E-state index in [1.165, 1.54) is 10.2 Å². The Hall–Kier alpha value is -3.41. The van der Waals surface area contributed by atoms with Crippen molar-refractivity contribution in [1.82, 2.24) is 14.6 Å². The maximum atomic E-state index is 12.9. The minimum atomic E-state index is -0.231. The Balaban J connectivity index is 1.86. The quantitative estimate of drug-likeness (QED) is 0.578. The summed E-state index contributed by atoms with van der Waals surface area (Å²) in [6.45, 7) is 3.80. The van der Waals surface area contributed by atoms with Gasteiger partial charge in [-0.05, 0) is 31.5 Å². The fourth-order valence-corrected chi connectivity index (χ4v) is 2.93. The summed E-state index contributed by atoms with van der Waals surface area (Å²) in [4.78, 5) is 20.6. The first-order chi connectivity index (χ1) is 12.6. The van der Waals surface area contributed by atoms with Crippen molar-refractivity contribution in [1.29, 1.82) is 0 Å². The highest BCUT2D eigenvalue weighted by atomic mass is 16.5. The number of ether oxygens (including phenoxy) is 1. The highest BCUT2D eigenvalue weighted by molar-refractivity contribution is 6.04. The molecule has 2 heterocycles. The predicted octanol–water partition coefficient (Wildman–Crippen LogP) is 3.39.